The van der Waals surface area contributed by atoms with Gasteiger partial charge < -0.3 is 14.7 Å². The minimum absolute atomic E-state index is 0. The first-order valence-corrected chi connectivity index (χ1v) is 9.99. The maximum atomic E-state index is 10.8. The van der Waals surface area contributed by atoms with Crippen molar-refractivity contribution in [1.82, 2.24) is 9.88 Å². The lowest BCUT2D eigenvalue weighted by molar-refractivity contribution is 0.108. The van der Waals surface area contributed by atoms with E-state index in [4.69, 9.17) is 27.9 Å². The molecule has 0 aliphatic carbocycles. The van der Waals surface area contributed by atoms with E-state index >= 15 is 0 Å². The first kappa shape index (κ1) is 24.3. The van der Waals surface area contributed by atoms with Crippen LogP contribution in [0.5, 0.6) is 5.75 Å². The van der Waals surface area contributed by atoms with Crippen molar-refractivity contribution in [2.75, 3.05) is 26.7 Å². The molecule has 0 saturated heterocycles. The average Bonchev–Trinajstić information content (AvgIpc) is 2.63. The number of unbranched alkanes of at least 4 members (excludes halogenated alkanes) is 2. The molecule has 0 aliphatic heterocycles. The molecule has 1 atom stereocenters. The molecule has 4 nitrogen and oxygen atoms in total. The molecule has 1 aromatic heterocycles. The summed E-state index contributed by atoms with van der Waals surface area (Å²) in [4.78, 5) is 6.90. The van der Waals surface area contributed by atoms with Crippen LogP contribution in [-0.4, -0.2) is 41.7 Å². The smallest absolute Gasteiger partial charge is 0.130 e. The zero-order chi connectivity index (χ0) is 19.1. The van der Waals surface area contributed by atoms with Crippen LogP contribution in [0, 0.1) is 0 Å². The predicted octanol–water partition coefficient (Wildman–Crippen LogP) is 5.91. The zero-order valence-corrected chi connectivity index (χ0v) is 18.5. The first-order valence-electron chi connectivity index (χ1n) is 9.24. The molecule has 0 radical (unpaired) electrons. The third-order valence-corrected chi connectivity index (χ3v) is 4.97. The lowest BCUT2D eigenvalue weighted by Crippen LogP contribution is -2.31. The van der Waals surface area contributed by atoms with Crippen LogP contribution in [-0.2, 0) is 0 Å². The third kappa shape index (κ3) is 6.65. The SMILES string of the molecule is CCCCN(CCCC)CC(O)c1cc(OC)c2cc(Cl)cc(Cl)c2n1.Cl. The summed E-state index contributed by atoms with van der Waals surface area (Å²) in [5.41, 5.74) is 1.16. The second-order valence-electron chi connectivity index (χ2n) is 6.56. The van der Waals surface area contributed by atoms with Crippen LogP contribution >= 0.6 is 35.6 Å². The van der Waals surface area contributed by atoms with Crippen molar-refractivity contribution in [3.05, 3.63) is 33.9 Å². The molecule has 2 rings (SSSR count). The quantitative estimate of drug-likeness (QED) is 0.504. The van der Waals surface area contributed by atoms with Gasteiger partial charge in [0.05, 0.1) is 23.3 Å². The molecule has 7 heteroatoms. The van der Waals surface area contributed by atoms with Crippen LogP contribution in [0.2, 0.25) is 10.0 Å². The van der Waals surface area contributed by atoms with Crippen molar-refractivity contribution in [3.63, 3.8) is 0 Å². The fourth-order valence-electron chi connectivity index (χ4n) is 2.98. The Kier molecular flexibility index (Phi) is 10.7. The number of nitrogens with zero attached hydrogens (tertiary/aromatic N) is 2. The summed E-state index contributed by atoms with van der Waals surface area (Å²) in [5, 5.41) is 12.5. The molecule has 152 valence electrons. The monoisotopic (exact) mass is 434 g/mol. The topological polar surface area (TPSA) is 45.6 Å². The number of fused-ring (bicyclic) bond motifs is 1. The van der Waals surface area contributed by atoms with Gasteiger partial charge in [-0.25, -0.2) is 4.98 Å². The molecule has 0 aliphatic rings. The van der Waals surface area contributed by atoms with E-state index in [1.165, 1.54) is 0 Å². The van der Waals surface area contributed by atoms with Gasteiger partial charge in [-0.05, 0) is 38.1 Å². The van der Waals surface area contributed by atoms with Gasteiger partial charge in [-0.15, -0.1) is 12.4 Å². The summed E-state index contributed by atoms with van der Waals surface area (Å²) in [7, 11) is 1.59. The Morgan fingerprint density at radius 3 is 2.30 bits per heavy atom. The highest BCUT2D eigenvalue weighted by Gasteiger charge is 2.18. The molecule has 1 N–H and O–H groups in total. The van der Waals surface area contributed by atoms with Crippen molar-refractivity contribution < 1.29 is 9.84 Å². The van der Waals surface area contributed by atoms with E-state index in [-0.39, 0.29) is 12.4 Å². The van der Waals surface area contributed by atoms with E-state index in [1.807, 2.05) is 0 Å². The molecule has 0 bridgehead atoms. The van der Waals surface area contributed by atoms with Crippen molar-refractivity contribution in [2.24, 2.45) is 0 Å². The number of halogens is 3. The Balaban J connectivity index is 0.00000364. The maximum Gasteiger partial charge on any atom is 0.130 e. The van der Waals surface area contributed by atoms with Gasteiger partial charge in [-0.3, -0.25) is 0 Å². The summed E-state index contributed by atoms with van der Waals surface area (Å²) in [6.07, 6.45) is 3.81. The van der Waals surface area contributed by atoms with E-state index in [0.717, 1.165) is 44.2 Å². The number of aliphatic hydroxyl groups excluding tert-OH is 1. The molecule has 0 spiro atoms. The van der Waals surface area contributed by atoms with Crippen LogP contribution in [0.15, 0.2) is 18.2 Å². The number of pyridine rings is 1. The third-order valence-electron chi connectivity index (χ3n) is 4.46. The second kappa shape index (κ2) is 11.9. The second-order valence-corrected chi connectivity index (χ2v) is 7.40. The molecule has 1 unspecified atom stereocenters. The van der Waals surface area contributed by atoms with Crippen molar-refractivity contribution >= 4 is 46.5 Å². The molecule has 0 fully saturated rings. The number of benzene rings is 1. The number of aliphatic hydroxyl groups is 1. The summed E-state index contributed by atoms with van der Waals surface area (Å²) in [5.74, 6) is 0.613. The summed E-state index contributed by atoms with van der Waals surface area (Å²) >= 11 is 12.4. The van der Waals surface area contributed by atoms with Crippen LogP contribution in [0.4, 0.5) is 0 Å². The lowest BCUT2D eigenvalue weighted by atomic mass is 10.1. The summed E-state index contributed by atoms with van der Waals surface area (Å²) in [6.45, 7) is 6.87. The number of ether oxygens (including phenoxy) is 1. The van der Waals surface area contributed by atoms with Crippen molar-refractivity contribution in [2.45, 2.75) is 45.6 Å². The van der Waals surface area contributed by atoms with Crippen LogP contribution in [0.3, 0.4) is 0 Å². The van der Waals surface area contributed by atoms with Crippen LogP contribution in [0.1, 0.15) is 51.3 Å². The molecule has 0 saturated carbocycles. The molecular weight excluding hydrogens is 407 g/mol. The molecule has 1 heterocycles. The highest BCUT2D eigenvalue weighted by Crippen LogP contribution is 2.34. The number of methoxy groups -OCH3 is 1. The minimum Gasteiger partial charge on any atom is -0.496 e. The first-order chi connectivity index (χ1) is 12.5. The van der Waals surface area contributed by atoms with Crippen LogP contribution in [0.25, 0.3) is 10.9 Å². The van der Waals surface area contributed by atoms with Gasteiger partial charge in [0.2, 0.25) is 0 Å². The van der Waals surface area contributed by atoms with Gasteiger partial charge in [0.1, 0.15) is 11.9 Å². The number of hydrogen-bond acceptors (Lipinski definition) is 4. The van der Waals surface area contributed by atoms with Gasteiger partial charge in [0, 0.05) is 23.0 Å². The van der Waals surface area contributed by atoms with E-state index in [1.54, 1.807) is 25.3 Å². The van der Waals surface area contributed by atoms with E-state index in [2.05, 4.69) is 23.7 Å². The molecule has 0 amide bonds. The Morgan fingerprint density at radius 1 is 1.11 bits per heavy atom. The predicted molar refractivity (Wildman–Crippen MR) is 117 cm³/mol. The Labute approximate surface area is 178 Å². The van der Waals surface area contributed by atoms with E-state index in [9.17, 15) is 5.11 Å². The highest BCUT2D eigenvalue weighted by molar-refractivity contribution is 6.38. The van der Waals surface area contributed by atoms with Crippen molar-refractivity contribution in [3.8, 4) is 5.75 Å². The van der Waals surface area contributed by atoms with Gasteiger partial charge in [-0.1, -0.05) is 49.9 Å². The molecular formula is C20H29Cl3N2O2. The van der Waals surface area contributed by atoms with Gasteiger partial charge in [0.25, 0.3) is 0 Å². The Bertz CT molecular complexity index is 720. The lowest BCUT2D eigenvalue weighted by Gasteiger charge is -2.25. The van der Waals surface area contributed by atoms with E-state index < -0.39 is 6.10 Å². The fourth-order valence-corrected chi connectivity index (χ4v) is 3.51. The largest absolute Gasteiger partial charge is 0.496 e. The molecule has 27 heavy (non-hydrogen) atoms. The van der Waals surface area contributed by atoms with Gasteiger partial charge in [-0.2, -0.15) is 0 Å². The van der Waals surface area contributed by atoms with Gasteiger partial charge in [0.15, 0.2) is 0 Å². The Hall–Kier alpha value is -0.780. The fraction of sp³-hybridized carbons (Fsp3) is 0.550. The maximum absolute atomic E-state index is 10.8. The number of hydrogen-bond donors (Lipinski definition) is 1. The Morgan fingerprint density at radius 2 is 1.74 bits per heavy atom. The average molecular weight is 436 g/mol. The summed E-state index contributed by atoms with van der Waals surface area (Å²) in [6, 6.07) is 5.21. The normalized spacial score (nSPS) is 12.3. The number of rotatable bonds is 10. The highest BCUT2D eigenvalue weighted by atomic mass is 35.5. The summed E-state index contributed by atoms with van der Waals surface area (Å²) < 4.78 is 5.48. The van der Waals surface area contributed by atoms with Gasteiger partial charge >= 0.3 is 0 Å². The standard InChI is InChI=1S/C20H28Cl2N2O2.ClH/c1-4-6-8-24(9-7-5-2)13-18(25)17-12-19(26-3)15-10-14(21)11-16(22)20(15)23-17;/h10-12,18,25H,4-9,13H2,1-3H3;1H. The van der Waals surface area contributed by atoms with Crippen LogP contribution < -0.4 is 4.74 Å². The zero-order valence-electron chi connectivity index (χ0n) is 16.2. The molecule has 2 aromatic rings. The van der Waals surface area contributed by atoms with E-state index in [0.29, 0.717) is 33.6 Å². The van der Waals surface area contributed by atoms with Crippen molar-refractivity contribution in [1.29, 1.82) is 0 Å². The molecule has 1 aromatic carbocycles. The minimum atomic E-state index is -0.700. The number of aromatic nitrogens is 1.